The highest BCUT2D eigenvalue weighted by Crippen LogP contribution is 2.23. The smallest absolute Gasteiger partial charge is 0.132 e. The zero-order chi connectivity index (χ0) is 10.8. The number of H-pyrrole nitrogens is 1. The van der Waals surface area contributed by atoms with Crippen molar-refractivity contribution >= 4 is 5.69 Å². The number of benzene rings is 1. The van der Waals surface area contributed by atoms with Gasteiger partial charge in [-0.3, -0.25) is 5.10 Å². The van der Waals surface area contributed by atoms with Crippen LogP contribution in [0.15, 0.2) is 24.3 Å². The Bertz CT molecular complexity index is 478. The molecular formula is C10H11FN4. The molecule has 5 N–H and O–H groups in total. The highest BCUT2D eigenvalue weighted by molar-refractivity contribution is 5.64. The van der Waals surface area contributed by atoms with Crippen molar-refractivity contribution in [2.45, 2.75) is 6.54 Å². The Balaban J connectivity index is 2.48. The summed E-state index contributed by atoms with van der Waals surface area (Å²) in [6.45, 7) is 0.344. The number of rotatable bonds is 2. The molecule has 0 amide bonds. The van der Waals surface area contributed by atoms with E-state index in [1.165, 1.54) is 12.1 Å². The zero-order valence-corrected chi connectivity index (χ0v) is 8.00. The molecule has 0 atom stereocenters. The predicted molar refractivity (Wildman–Crippen MR) is 56.3 cm³/mol. The summed E-state index contributed by atoms with van der Waals surface area (Å²) in [5, 5.41) is 6.68. The molecule has 0 saturated carbocycles. The molecule has 78 valence electrons. The highest BCUT2D eigenvalue weighted by atomic mass is 19.1. The van der Waals surface area contributed by atoms with Crippen molar-refractivity contribution in [2.24, 2.45) is 5.73 Å². The number of nitrogens with zero attached hydrogens (tertiary/aromatic N) is 1. The summed E-state index contributed by atoms with van der Waals surface area (Å²) in [7, 11) is 0. The largest absolute Gasteiger partial charge is 0.399 e. The summed E-state index contributed by atoms with van der Waals surface area (Å²) in [5.74, 6) is -0.348. The van der Waals surface area contributed by atoms with E-state index < -0.39 is 0 Å². The van der Waals surface area contributed by atoms with Gasteiger partial charge >= 0.3 is 0 Å². The second-order valence-electron chi connectivity index (χ2n) is 3.22. The maximum absolute atomic E-state index is 13.4. The predicted octanol–water partition coefficient (Wildman–Crippen LogP) is 1.26. The monoisotopic (exact) mass is 206 g/mol. The van der Waals surface area contributed by atoms with E-state index in [1.54, 1.807) is 12.1 Å². The van der Waals surface area contributed by atoms with Crippen molar-refractivity contribution in [3.8, 4) is 11.3 Å². The normalized spacial score (nSPS) is 10.5. The number of hydrogen-bond acceptors (Lipinski definition) is 3. The van der Waals surface area contributed by atoms with E-state index >= 15 is 0 Å². The Hall–Kier alpha value is -1.88. The van der Waals surface area contributed by atoms with Gasteiger partial charge in [0.05, 0.1) is 5.69 Å². The van der Waals surface area contributed by atoms with Crippen molar-refractivity contribution in [1.82, 2.24) is 10.2 Å². The first-order valence-electron chi connectivity index (χ1n) is 4.50. The molecule has 1 heterocycles. The number of aromatic amines is 1. The number of halogens is 1. The fourth-order valence-corrected chi connectivity index (χ4v) is 1.34. The lowest BCUT2D eigenvalue weighted by molar-refractivity contribution is 0.631. The summed E-state index contributed by atoms with van der Waals surface area (Å²) in [4.78, 5) is 0. The summed E-state index contributed by atoms with van der Waals surface area (Å²) in [5.41, 5.74) is 13.1. The molecule has 0 aliphatic rings. The molecule has 1 aromatic carbocycles. The van der Waals surface area contributed by atoms with Crippen LogP contribution >= 0.6 is 0 Å². The van der Waals surface area contributed by atoms with E-state index in [4.69, 9.17) is 11.5 Å². The minimum Gasteiger partial charge on any atom is -0.399 e. The third-order valence-corrected chi connectivity index (χ3v) is 2.12. The summed E-state index contributed by atoms with van der Waals surface area (Å²) < 4.78 is 13.4. The van der Waals surface area contributed by atoms with Crippen LogP contribution in [-0.4, -0.2) is 10.2 Å². The quantitative estimate of drug-likeness (QED) is 0.647. The molecule has 4 nitrogen and oxygen atoms in total. The molecule has 0 bridgehead atoms. The fraction of sp³-hybridized carbons (Fsp3) is 0.100. The topological polar surface area (TPSA) is 80.7 Å². The Morgan fingerprint density at radius 1 is 1.33 bits per heavy atom. The van der Waals surface area contributed by atoms with Crippen LogP contribution in [-0.2, 0) is 6.54 Å². The van der Waals surface area contributed by atoms with Crippen molar-refractivity contribution in [2.75, 3.05) is 5.73 Å². The van der Waals surface area contributed by atoms with Gasteiger partial charge in [-0.2, -0.15) is 5.10 Å². The average molecular weight is 206 g/mol. The second kappa shape index (κ2) is 3.70. The minimum atomic E-state index is -0.348. The van der Waals surface area contributed by atoms with Crippen molar-refractivity contribution in [3.05, 3.63) is 35.8 Å². The standard InChI is InChI=1S/C10H11FN4/c11-9-2-1-6(13)3-8(9)10-4-7(5-12)14-15-10/h1-4H,5,12-13H2,(H,14,15). The summed E-state index contributed by atoms with van der Waals surface area (Å²) in [6.07, 6.45) is 0. The molecule has 0 spiro atoms. The maximum Gasteiger partial charge on any atom is 0.132 e. The SMILES string of the molecule is NCc1cc(-c2cc(N)ccc2F)n[nH]1. The van der Waals surface area contributed by atoms with Gasteiger partial charge in [0.1, 0.15) is 5.82 Å². The molecule has 2 rings (SSSR count). The lowest BCUT2D eigenvalue weighted by atomic mass is 10.1. The molecule has 2 aromatic rings. The molecule has 0 radical (unpaired) electrons. The van der Waals surface area contributed by atoms with E-state index in [2.05, 4.69) is 10.2 Å². The first kappa shape index (κ1) is 9.67. The third kappa shape index (κ3) is 1.82. The maximum atomic E-state index is 13.4. The lowest BCUT2D eigenvalue weighted by Gasteiger charge is -2.00. The molecule has 15 heavy (non-hydrogen) atoms. The third-order valence-electron chi connectivity index (χ3n) is 2.12. The number of anilines is 1. The van der Waals surface area contributed by atoms with E-state index in [-0.39, 0.29) is 5.82 Å². The first-order chi connectivity index (χ1) is 7.20. The number of aromatic nitrogens is 2. The molecule has 1 aromatic heterocycles. The Kier molecular flexibility index (Phi) is 2.39. The zero-order valence-electron chi connectivity index (χ0n) is 8.00. The molecular weight excluding hydrogens is 195 g/mol. The van der Waals surface area contributed by atoms with Gasteiger partial charge in [0.15, 0.2) is 0 Å². The number of hydrogen-bond donors (Lipinski definition) is 3. The van der Waals surface area contributed by atoms with E-state index in [0.29, 0.717) is 23.5 Å². The highest BCUT2D eigenvalue weighted by Gasteiger charge is 2.08. The lowest BCUT2D eigenvalue weighted by Crippen LogP contribution is -1.95. The number of nitrogen functional groups attached to an aromatic ring is 1. The van der Waals surface area contributed by atoms with Crippen LogP contribution < -0.4 is 11.5 Å². The van der Waals surface area contributed by atoms with Gasteiger partial charge in [-0.25, -0.2) is 4.39 Å². The van der Waals surface area contributed by atoms with Gasteiger partial charge in [-0.1, -0.05) is 0 Å². The van der Waals surface area contributed by atoms with Crippen LogP contribution in [0.5, 0.6) is 0 Å². The molecule has 5 heteroatoms. The van der Waals surface area contributed by atoms with Gasteiger partial charge in [0.25, 0.3) is 0 Å². The minimum absolute atomic E-state index is 0.344. The second-order valence-corrected chi connectivity index (χ2v) is 3.22. The summed E-state index contributed by atoms with van der Waals surface area (Å²) in [6, 6.07) is 6.08. The van der Waals surface area contributed by atoms with Crippen LogP contribution in [0.4, 0.5) is 10.1 Å². The van der Waals surface area contributed by atoms with Gasteiger partial charge in [0, 0.05) is 23.5 Å². The Morgan fingerprint density at radius 3 is 2.80 bits per heavy atom. The molecule has 0 aliphatic carbocycles. The van der Waals surface area contributed by atoms with Gasteiger partial charge in [-0.05, 0) is 24.3 Å². The van der Waals surface area contributed by atoms with E-state index in [9.17, 15) is 4.39 Å². The van der Waals surface area contributed by atoms with Gasteiger partial charge < -0.3 is 11.5 Å². The average Bonchev–Trinajstić information content (AvgIpc) is 2.70. The first-order valence-corrected chi connectivity index (χ1v) is 4.50. The van der Waals surface area contributed by atoms with Crippen LogP contribution in [0, 0.1) is 5.82 Å². The van der Waals surface area contributed by atoms with E-state index in [0.717, 1.165) is 5.69 Å². The van der Waals surface area contributed by atoms with Gasteiger partial charge in [-0.15, -0.1) is 0 Å². The summed E-state index contributed by atoms with van der Waals surface area (Å²) >= 11 is 0. The van der Waals surface area contributed by atoms with Crippen LogP contribution in [0.2, 0.25) is 0 Å². The fourth-order valence-electron chi connectivity index (χ4n) is 1.34. The van der Waals surface area contributed by atoms with Crippen molar-refractivity contribution < 1.29 is 4.39 Å². The van der Waals surface area contributed by atoms with Crippen molar-refractivity contribution in [3.63, 3.8) is 0 Å². The molecule has 0 unspecified atom stereocenters. The van der Waals surface area contributed by atoms with E-state index in [1.807, 2.05) is 0 Å². The van der Waals surface area contributed by atoms with Gasteiger partial charge in [0.2, 0.25) is 0 Å². The Morgan fingerprint density at radius 2 is 2.13 bits per heavy atom. The molecule has 0 fully saturated rings. The van der Waals surface area contributed by atoms with Crippen LogP contribution in [0.3, 0.4) is 0 Å². The van der Waals surface area contributed by atoms with Crippen LogP contribution in [0.25, 0.3) is 11.3 Å². The Labute approximate surface area is 86.1 Å². The number of nitrogens with two attached hydrogens (primary N) is 2. The number of nitrogens with one attached hydrogen (secondary N) is 1. The van der Waals surface area contributed by atoms with Crippen LogP contribution in [0.1, 0.15) is 5.69 Å². The molecule has 0 aliphatic heterocycles. The van der Waals surface area contributed by atoms with Crippen molar-refractivity contribution in [1.29, 1.82) is 0 Å². The molecule has 0 saturated heterocycles.